The Bertz CT molecular complexity index is 540. The van der Waals surface area contributed by atoms with Crippen LogP contribution in [-0.2, 0) is 9.59 Å². The molecule has 0 spiro atoms. The maximum atomic E-state index is 11.7. The average Bonchev–Trinajstić information content (AvgIpc) is 2.53. The van der Waals surface area contributed by atoms with E-state index >= 15 is 0 Å². The van der Waals surface area contributed by atoms with E-state index in [-0.39, 0.29) is 6.54 Å². The largest absolute Gasteiger partial charge is 0.347 e. The van der Waals surface area contributed by atoms with Gasteiger partial charge in [0.15, 0.2) is 0 Å². The van der Waals surface area contributed by atoms with Crippen molar-refractivity contribution in [1.82, 2.24) is 10.6 Å². The van der Waals surface area contributed by atoms with Crippen molar-refractivity contribution in [1.29, 1.82) is 0 Å². The molecule has 0 saturated carbocycles. The van der Waals surface area contributed by atoms with Crippen molar-refractivity contribution in [3.63, 3.8) is 0 Å². The number of nitrogens with zero attached hydrogens (tertiary/aromatic N) is 1. The number of aliphatic imine (C=N–C) groups is 1. The van der Waals surface area contributed by atoms with Gasteiger partial charge in [-0.3, -0.25) is 14.6 Å². The van der Waals surface area contributed by atoms with Crippen LogP contribution in [0.4, 0.5) is 0 Å². The Balaban J connectivity index is 4.33. The van der Waals surface area contributed by atoms with Gasteiger partial charge in [0.1, 0.15) is 0 Å². The summed E-state index contributed by atoms with van der Waals surface area (Å²) in [6.45, 7) is 11.5. The summed E-state index contributed by atoms with van der Waals surface area (Å²) in [5.41, 5.74) is 1.64. The van der Waals surface area contributed by atoms with Crippen LogP contribution in [0.3, 0.4) is 0 Å². The highest BCUT2D eigenvalue weighted by Crippen LogP contribution is 2.01. The molecule has 2 amide bonds. The van der Waals surface area contributed by atoms with Crippen molar-refractivity contribution in [2.45, 2.75) is 20.3 Å². The molecule has 0 aromatic heterocycles. The maximum Gasteiger partial charge on any atom is 0.309 e. The zero-order valence-electron chi connectivity index (χ0n) is 13.8. The first-order valence-corrected chi connectivity index (χ1v) is 7.39. The van der Waals surface area contributed by atoms with Crippen molar-refractivity contribution >= 4 is 18.0 Å². The quantitative estimate of drug-likeness (QED) is 0.390. The number of carbonyl (C=O) groups is 2. The topological polar surface area (TPSA) is 70.6 Å². The van der Waals surface area contributed by atoms with Crippen LogP contribution in [-0.4, -0.2) is 31.1 Å². The lowest BCUT2D eigenvalue weighted by molar-refractivity contribution is -0.139. The summed E-state index contributed by atoms with van der Waals surface area (Å²) in [4.78, 5) is 27.6. The fraction of sp³-hybridized carbons (Fsp3) is 0.278. The van der Waals surface area contributed by atoms with Crippen molar-refractivity contribution in [2.24, 2.45) is 4.99 Å². The molecule has 0 radical (unpaired) electrons. The van der Waals surface area contributed by atoms with E-state index in [2.05, 4.69) is 28.8 Å². The summed E-state index contributed by atoms with van der Waals surface area (Å²) in [5, 5.41) is 5.12. The molecule has 0 aromatic carbocycles. The fourth-order valence-electron chi connectivity index (χ4n) is 1.68. The van der Waals surface area contributed by atoms with Crippen LogP contribution in [0.25, 0.3) is 0 Å². The van der Waals surface area contributed by atoms with Gasteiger partial charge in [0.2, 0.25) is 0 Å². The van der Waals surface area contributed by atoms with E-state index in [0.717, 1.165) is 11.3 Å². The monoisotopic (exact) mass is 315 g/mol. The summed E-state index contributed by atoms with van der Waals surface area (Å²) in [5.74, 6) is -1.33. The van der Waals surface area contributed by atoms with E-state index < -0.39 is 11.8 Å². The van der Waals surface area contributed by atoms with Crippen LogP contribution in [0, 0.1) is 0 Å². The third-order valence-electron chi connectivity index (χ3n) is 2.64. The number of hydrogen-bond donors (Lipinski definition) is 2. The lowest BCUT2D eigenvalue weighted by atomic mass is 10.2. The van der Waals surface area contributed by atoms with E-state index in [1.165, 1.54) is 0 Å². The molecule has 0 aliphatic heterocycles. The molecule has 0 saturated heterocycles. The molecule has 0 fully saturated rings. The lowest BCUT2D eigenvalue weighted by Crippen LogP contribution is -2.40. The van der Waals surface area contributed by atoms with Gasteiger partial charge in [-0.15, -0.1) is 0 Å². The van der Waals surface area contributed by atoms with Crippen LogP contribution in [0.2, 0.25) is 0 Å². The standard InChI is InChI=1S/C18H25N3O2/c1-5-9-15(10-6-2)14-21-18(23)17(22)20-13-12-16(11-7-3)19-8-4/h5-11H,1,3,12-14H2,2,4H3,(H,20,22)(H,21,23)/b10-6-,15-9+,16-11-,19-8-. The molecule has 0 bridgehead atoms. The normalized spacial score (nSPS) is 12.4. The minimum Gasteiger partial charge on any atom is -0.347 e. The number of carbonyl (C=O) groups excluding carboxylic acids is 2. The first-order chi connectivity index (χ1) is 11.1. The van der Waals surface area contributed by atoms with Crippen LogP contribution < -0.4 is 10.6 Å². The molecule has 0 heterocycles. The van der Waals surface area contributed by atoms with E-state index in [4.69, 9.17) is 0 Å². The van der Waals surface area contributed by atoms with Crippen molar-refractivity contribution in [2.75, 3.05) is 13.1 Å². The summed E-state index contributed by atoms with van der Waals surface area (Å²) in [6.07, 6.45) is 12.7. The molecule has 0 unspecified atom stereocenters. The van der Waals surface area contributed by atoms with Gasteiger partial charge < -0.3 is 10.6 Å². The zero-order chi connectivity index (χ0) is 17.5. The smallest absolute Gasteiger partial charge is 0.309 e. The lowest BCUT2D eigenvalue weighted by Gasteiger charge is -2.07. The second-order valence-corrected chi connectivity index (χ2v) is 4.45. The average molecular weight is 315 g/mol. The predicted octanol–water partition coefficient (Wildman–Crippen LogP) is 2.46. The summed E-state index contributed by atoms with van der Waals surface area (Å²) >= 11 is 0. The van der Waals surface area contributed by atoms with E-state index in [0.29, 0.717) is 13.0 Å². The van der Waals surface area contributed by atoms with Gasteiger partial charge in [-0.1, -0.05) is 43.5 Å². The Morgan fingerprint density at radius 1 is 1.04 bits per heavy atom. The molecule has 0 aliphatic rings. The van der Waals surface area contributed by atoms with Gasteiger partial charge in [-0.2, -0.15) is 0 Å². The molecule has 23 heavy (non-hydrogen) atoms. The summed E-state index contributed by atoms with van der Waals surface area (Å²) in [6, 6.07) is 0. The zero-order valence-corrected chi connectivity index (χ0v) is 13.8. The Labute approximate surface area is 138 Å². The predicted molar refractivity (Wildman–Crippen MR) is 96.2 cm³/mol. The summed E-state index contributed by atoms with van der Waals surface area (Å²) < 4.78 is 0. The van der Waals surface area contributed by atoms with Crippen LogP contribution in [0.15, 0.2) is 65.9 Å². The highest BCUT2D eigenvalue weighted by atomic mass is 16.2. The third-order valence-corrected chi connectivity index (χ3v) is 2.64. The maximum absolute atomic E-state index is 11.7. The van der Waals surface area contributed by atoms with Crippen molar-refractivity contribution in [3.8, 4) is 0 Å². The van der Waals surface area contributed by atoms with Crippen LogP contribution in [0.5, 0.6) is 0 Å². The van der Waals surface area contributed by atoms with Gasteiger partial charge in [-0.05, 0) is 25.5 Å². The van der Waals surface area contributed by atoms with Gasteiger partial charge in [0.05, 0.1) is 0 Å². The first-order valence-electron chi connectivity index (χ1n) is 7.39. The second kappa shape index (κ2) is 13.0. The molecule has 0 aromatic rings. The van der Waals surface area contributed by atoms with E-state index in [1.54, 1.807) is 30.5 Å². The number of amides is 2. The number of nitrogens with one attached hydrogen (secondary N) is 2. The third kappa shape index (κ3) is 9.79. The van der Waals surface area contributed by atoms with Gasteiger partial charge >= 0.3 is 11.8 Å². The number of hydrogen-bond acceptors (Lipinski definition) is 3. The van der Waals surface area contributed by atoms with Crippen LogP contribution >= 0.6 is 0 Å². The molecule has 0 aliphatic carbocycles. The number of rotatable bonds is 9. The SMILES string of the molecule is C=C/C=C(CCNC(=O)C(=O)NCC(/C=C\C)=C/C=C)\N=C/C. The minimum atomic E-state index is -0.669. The van der Waals surface area contributed by atoms with E-state index in [9.17, 15) is 9.59 Å². The van der Waals surface area contributed by atoms with Gasteiger partial charge in [0, 0.05) is 31.4 Å². The Morgan fingerprint density at radius 2 is 1.70 bits per heavy atom. The van der Waals surface area contributed by atoms with Crippen molar-refractivity contribution < 1.29 is 9.59 Å². The first kappa shape index (κ1) is 20.3. The second-order valence-electron chi connectivity index (χ2n) is 4.45. The Morgan fingerprint density at radius 3 is 2.26 bits per heavy atom. The van der Waals surface area contributed by atoms with Gasteiger partial charge in [0.25, 0.3) is 0 Å². The Kier molecular flexibility index (Phi) is 11.5. The van der Waals surface area contributed by atoms with Crippen LogP contribution in [0.1, 0.15) is 20.3 Å². The molecule has 124 valence electrons. The molecule has 0 rings (SSSR count). The molecule has 5 heteroatoms. The van der Waals surface area contributed by atoms with E-state index in [1.807, 2.05) is 26.0 Å². The Hall–Kier alpha value is -2.69. The minimum absolute atomic E-state index is 0.268. The molecular formula is C18H25N3O2. The summed E-state index contributed by atoms with van der Waals surface area (Å²) in [7, 11) is 0. The molecule has 5 nitrogen and oxygen atoms in total. The molecular weight excluding hydrogens is 290 g/mol. The molecule has 2 N–H and O–H groups in total. The van der Waals surface area contributed by atoms with Gasteiger partial charge in [-0.25, -0.2) is 0 Å². The number of allylic oxidation sites excluding steroid dienone is 5. The highest BCUT2D eigenvalue weighted by molar-refractivity contribution is 6.35. The molecule has 0 atom stereocenters. The highest BCUT2D eigenvalue weighted by Gasteiger charge is 2.12. The van der Waals surface area contributed by atoms with Crippen molar-refractivity contribution in [3.05, 3.63) is 60.9 Å². The fourth-order valence-corrected chi connectivity index (χ4v) is 1.68.